The van der Waals surface area contributed by atoms with E-state index in [-0.39, 0.29) is 0 Å². The summed E-state index contributed by atoms with van der Waals surface area (Å²) in [7, 11) is 0. The standard InChI is InChI=1S/C57H37NO/c1-4-17-38(18-5-1)39-31-33-42(34-32-39)58(43-35-36-44(40-19-6-2-7-20-40)48(37-43)41-21-8-3-9-22-41)52-29-16-28-51-55(52)54-47-25-12-15-30-53(47)59-56(54)57(51)49-26-13-10-23-45(49)46-24-11-14-27-50(46)57/h1-37H. The van der Waals surface area contributed by atoms with E-state index in [2.05, 4.69) is 229 Å². The minimum absolute atomic E-state index is 0.623. The third-order valence-corrected chi connectivity index (χ3v) is 12.5. The molecule has 9 aromatic carbocycles. The molecule has 0 bridgehead atoms. The van der Waals surface area contributed by atoms with Crippen LogP contribution in [0.15, 0.2) is 229 Å². The molecule has 1 aromatic heterocycles. The lowest BCUT2D eigenvalue weighted by Gasteiger charge is -2.31. The lowest BCUT2D eigenvalue weighted by molar-refractivity contribution is 0.507. The lowest BCUT2D eigenvalue weighted by Crippen LogP contribution is -2.25. The van der Waals surface area contributed by atoms with Crippen LogP contribution >= 0.6 is 0 Å². The van der Waals surface area contributed by atoms with Gasteiger partial charge in [0.25, 0.3) is 0 Å². The molecule has 0 amide bonds. The van der Waals surface area contributed by atoms with Crippen molar-refractivity contribution in [3.63, 3.8) is 0 Å². The van der Waals surface area contributed by atoms with Crippen LogP contribution in [0.5, 0.6) is 0 Å². The zero-order chi connectivity index (χ0) is 38.9. The second-order valence-corrected chi connectivity index (χ2v) is 15.6. The summed E-state index contributed by atoms with van der Waals surface area (Å²) < 4.78 is 7.18. The Hall–Kier alpha value is -7.68. The molecule has 2 aliphatic carbocycles. The van der Waals surface area contributed by atoms with E-state index in [0.717, 1.165) is 39.4 Å². The van der Waals surface area contributed by atoms with Gasteiger partial charge in [0.15, 0.2) is 0 Å². The summed E-state index contributed by atoms with van der Waals surface area (Å²) >= 11 is 0. The zero-order valence-corrected chi connectivity index (χ0v) is 32.2. The SMILES string of the molecule is c1ccc(-c2ccc(N(c3ccc(-c4ccccc4)c(-c4ccccc4)c3)c3cccc4c3-c3c(oc5ccccc35)C43c4ccccc4-c4ccccc43)cc2)cc1. The zero-order valence-electron chi connectivity index (χ0n) is 32.2. The van der Waals surface area contributed by atoms with E-state index in [1.54, 1.807) is 0 Å². The molecule has 2 aliphatic rings. The Bertz CT molecular complexity index is 3150. The normalized spacial score (nSPS) is 12.9. The van der Waals surface area contributed by atoms with E-state index in [1.165, 1.54) is 66.8 Å². The van der Waals surface area contributed by atoms with Crippen molar-refractivity contribution in [1.29, 1.82) is 0 Å². The molecule has 0 fully saturated rings. The van der Waals surface area contributed by atoms with Crippen LogP contribution in [-0.4, -0.2) is 0 Å². The van der Waals surface area contributed by atoms with Crippen LogP contribution in [0.3, 0.4) is 0 Å². The predicted molar refractivity (Wildman–Crippen MR) is 244 cm³/mol. The van der Waals surface area contributed by atoms with Crippen molar-refractivity contribution >= 4 is 28.0 Å². The molecule has 59 heavy (non-hydrogen) atoms. The number of furan rings is 1. The monoisotopic (exact) mass is 751 g/mol. The van der Waals surface area contributed by atoms with Gasteiger partial charge in [-0.05, 0) is 97.6 Å². The van der Waals surface area contributed by atoms with E-state index in [9.17, 15) is 0 Å². The highest BCUT2D eigenvalue weighted by molar-refractivity contribution is 6.09. The molecule has 0 radical (unpaired) electrons. The van der Waals surface area contributed by atoms with E-state index < -0.39 is 5.41 Å². The molecule has 12 rings (SSSR count). The highest BCUT2D eigenvalue weighted by atomic mass is 16.3. The van der Waals surface area contributed by atoms with Gasteiger partial charge < -0.3 is 9.32 Å². The third kappa shape index (κ3) is 4.93. The first kappa shape index (κ1) is 33.5. The number of rotatable bonds is 6. The van der Waals surface area contributed by atoms with Crippen LogP contribution in [0.4, 0.5) is 17.1 Å². The van der Waals surface area contributed by atoms with Gasteiger partial charge in [0.05, 0.1) is 5.69 Å². The topological polar surface area (TPSA) is 16.4 Å². The van der Waals surface area contributed by atoms with Crippen LogP contribution in [0.1, 0.15) is 22.5 Å². The molecule has 2 heteroatoms. The minimum atomic E-state index is -0.623. The average Bonchev–Trinajstić information content (AvgIpc) is 3.94. The van der Waals surface area contributed by atoms with Gasteiger partial charge >= 0.3 is 0 Å². The summed E-state index contributed by atoms with van der Waals surface area (Å²) in [5.74, 6) is 0.988. The maximum atomic E-state index is 7.18. The van der Waals surface area contributed by atoms with E-state index in [1.807, 2.05) is 0 Å². The second-order valence-electron chi connectivity index (χ2n) is 15.6. The first-order valence-corrected chi connectivity index (χ1v) is 20.3. The van der Waals surface area contributed by atoms with Gasteiger partial charge in [0.2, 0.25) is 0 Å². The summed E-state index contributed by atoms with van der Waals surface area (Å²) in [6.07, 6.45) is 0. The van der Waals surface area contributed by atoms with Crippen LogP contribution in [0.25, 0.3) is 66.6 Å². The maximum absolute atomic E-state index is 7.18. The van der Waals surface area contributed by atoms with Crippen LogP contribution in [0, 0.1) is 0 Å². The molecule has 2 nitrogen and oxygen atoms in total. The molecule has 0 unspecified atom stereocenters. The van der Waals surface area contributed by atoms with Crippen molar-refractivity contribution in [2.75, 3.05) is 4.90 Å². The Labute approximate surface area is 343 Å². The number of hydrogen-bond acceptors (Lipinski definition) is 2. The van der Waals surface area contributed by atoms with Gasteiger partial charge in [-0.15, -0.1) is 0 Å². The Morgan fingerprint density at radius 1 is 0.339 bits per heavy atom. The van der Waals surface area contributed by atoms with Gasteiger partial charge in [0, 0.05) is 27.9 Å². The second kappa shape index (κ2) is 13.2. The van der Waals surface area contributed by atoms with Gasteiger partial charge in [-0.25, -0.2) is 0 Å². The van der Waals surface area contributed by atoms with E-state index >= 15 is 0 Å². The summed E-state index contributed by atoms with van der Waals surface area (Å²) in [5.41, 5.74) is 19.3. The summed E-state index contributed by atoms with van der Waals surface area (Å²) in [6, 6.07) is 81.4. The highest BCUT2D eigenvalue weighted by Crippen LogP contribution is 2.66. The number of nitrogens with zero attached hydrogens (tertiary/aromatic N) is 1. The van der Waals surface area contributed by atoms with E-state index in [0.29, 0.717) is 0 Å². The minimum Gasteiger partial charge on any atom is -0.459 e. The van der Waals surface area contributed by atoms with Gasteiger partial charge in [0.1, 0.15) is 16.8 Å². The number of hydrogen-bond donors (Lipinski definition) is 0. The van der Waals surface area contributed by atoms with Crippen LogP contribution in [0.2, 0.25) is 0 Å². The number of fused-ring (bicyclic) bond motifs is 12. The van der Waals surface area contributed by atoms with Crippen LogP contribution < -0.4 is 4.90 Å². The Morgan fingerprint density at radius 2 is 0.864 bits per heavy atom. The lowest BCUT2D eigenvalue weighted by atomic mass is 9.73. The fourth-order valence-corrected chi connectivity index (χ4v) is 10.0. The average molecular weight is 752 g/mol. The smallest absolute Gasteiger partial charge is 0.135 e. The summed E-state index contributed by atoms with van der Waals surface area (Å²) in [5, 5.41) is 1.12. The molecule has 1 spiro atoms. The predicted octanol–water partition coefficient (Wildman–Crippen LogP) is 15.2. The molecular weight excluding hydrogens is 715 g/mol. The summed E-state index contributed by atoms with van der Waals surface area (Å²) in [4.78, 5) is 2.46. The summed E-state index contributed by atoms with van der Waals surface area (Å²) in [6.45, 7) is 0. The molecular formula is C57H37NO. The van der Waals surface area contributed by atoms with Crippen molar-refractivity contribution in [3.8, 4) is 55.6 Å². The van der Waals surface area contributed by atoms with Crippen LogP contribution in [-0.2, 0) is 5.41 Å². The molecule has 1 heterocycles. The van der Waals surface area contributed by atoms with Crippen molar-refractivity contribution in [2.24, 2.45) is 0 Å². The molecule has 0 N–H and O–H groups in total. The fraction of sp³-hybridized carbons (Fsp3) is 0.0175. The molecule has 276 valence electrons. The Kier molecular flexibility index (Phi) is 7.48. The molecule has 0 saturated heterocycles. The Balaban J connectivity index is 1.16. The molecule has 0 atom stereocenters. The Morgan fingerprint density at radius 3 is 1.54 bits per heavy atom. The number of para-hydroxylation sites is 1. The molecule has 0 saturated carbocycles. The first-order chi connectivity index (χ1) is 29.3. The number of anilines is 3. The van der Waals surface area contributed by atoms with Gasteiger partial charge in [-0.1, -0.05) is 188 Å². The van der Waals surface area contributed by atoms with E-state index in [4.69, 9.17) is 4.42 Å². The first-order valence-electron chi connectivity index (χ1n) is 20.3. The van der Waals surface area contributed by atoms with Crippen molar-refractivity contribution in [2.45, 2.75) is 5.41 Å². The fourth-order valence-electron chi connectivity index (χ4n) is 10.0. The largest absolute Gasteiger partial charge is 0.459 e. The van der Waals surface area contributed by atoms with Crippen molar-refractivity contribution in [1.82, 2.24) is 0 Å². The van der Waals surface area contributed by atoms with Gasteiger partial charge in [-0.3, -0.25) is 0 Å². The molecule has 10 aromatic rings. The number of benzene rings is 9. The van der Waals surface area contributed by atoms with Crippen molar-refractivity contribution < 1.29 is 4.42 Å². The third-order valence-electron chi connectivity index (χ3n) is 12.5. The molecule has 0 aliphatic heterocycles. The maximum Gasteiger partial charge on any atom is 0.135 e. The highest BCUT2D eigenvalue weighted by Gasteiger charge is 2.55. The quantitative estimate of drug-likeness (QED) is 0.168. The van der Waals surface area contributed by atoms with Crippen molar-refractivity contribution in [3.05, 3.63) is 247 Å². The van der Waals surface area contributed by atoms with Gasteiger partial charge in [-0.2, -0.15) is 0 Å².